The van der Waals surface area contributed by atoms with E-state index in [0.717, 1.165) is 0 Å². The van der Waals surface area contributed by atoms with Gasteiger partial charge in [0.05, 0.1) is 11.1 Å². The number of rotatable bonds is 5. The monoisotopic (exact) mass is 305 g/mol. The molecule has 1 heterocycles. The molecule has 0 spiro atoms. The van der Waals surface area contributed by atoms with Crippen molar-refractivity contribution in [1.82, 2.24) is 4.98 Å². The summed E-state index contributed by atoms with van der Waals surface area (Å²) >= 11 is 1.30. The topological polar surface area (TPSA) is 56.3 Å². The first-order chi connectivity index (χ1) is 10.1. The number of benzene rings is 1. The molecule has 1 aromatic heterocycles. The van der Waals surface area contributed by atoms with Crippen LogP contribution in [0.25, 0.3) is 0 Å². The molecule has 0 radical (unpaired) electrons. The highest BCUT2D eigenvalue weighted by molar-refractivity contribution is 7.98. The molecule has 0 aliphatic heterocycles. The molecule has 0 saturated heterocycles. The summed E-state index contributed by atoms with van der Waals surface area (Å²) in [6.07, 6.45) is 3.34. The number of thioether (sulfide) groups is 1. The smallest absolute Gasteiger partial charge is 0.341 e. The molecule has 4 nitrogen and oxygen atoms in total. The first kappa shape index (κ1) is 15.2. The van der Waals surface area contributed by atoms with Gasteiger partial charge in [0, 0.05) is 6.20 Å². The molecule has 0 aliphatic carbocycles. The van der Waals surface area contributed by atoms with Crippen molar-refractivity contribution >= 4 is 23.5 Å². The number of halogens is 1. The largest absolute Gasteiger partial charge is 0.454 e. The zero-order valence-electron chi connectivity index (χ0n) is 11.2. The van der Waals surface area contributed by atoms with Crippen LogP contribution in [0.1, 0.15) is 20.7 Å². The van der Waals surface area contributed by atoms with Crippen molar-refractivity contribution in [2.24, 2.45) is 0 Å². The van der Waals surface area contributed by atoms with Crippen molar-refractivity contribution in [3.8, 4) is 0 Å². The van der Waals surface area contributed by atoms with Gasteiger partial charge in [-0.1, -0.05) is 12.1 Å². The van der Waals surface area contributed by atoms with Crippen LogP contribution in [0.4, 0.5) is 4.39 Å². The summed E-state index contributed by atoms with van der Waals surface area (Å²) in [5.41, 5.74) is 0.188. The van der Waals surface area contributed by atoms with Gasteiger partial charge < -0.3 is 4.74 Å². The molecule has 2 aromatic rings. The molecule has 108 valence electrons. The van der Waals surface area contributed by atoms with E-state index in [1.54, 1.807) is 30.7 Å². The van der Waals surface area contributed by atoms with Crippen LogP contribution in [0.15, 0.2) is 47.6 Å². The number of nitrogens with zero attached hydrogens (tertiary/aromatic N) is 1. The molecular formula is C15H12FNO3S. The highest BCUT2D eigenvalue weighted by Gasteiger charge is 2.17. The number of carbonyl (C=O) groups is 2. The zero-order valence-corrected chi connectivity index (χ0v) is 12.0. The average Bonchev–Trinajstić information content (AvgIpc) is 2.52. The lowest BCUT2D eigenvalue weighted by atomic mass is 10.1. The third kappa shape index (κ3) is 3.66. The number of ketones is 1. The van der Waals surface area contributed by atoms with Gasteiger partial charge >= 0.3 is 5.97 Å². The van der Waals surface area contributed by atoms with Gasteiger partial charge in [-0.25, -0.2) is 14.2 Å². The number of hydrogen-bond acceptors (Lipinski definition) is 5. The Balaban J connectivity index is 2.05. The Labute approximate surface area is 125 Å². The van der Waals surface area contributed by atoms with Crippen LogP contribution in [0, 0.1) is 5.82 Å². The summed E-state index contributed by atoms with van der Waals surface area (Å²) in [6, 6.07) is 8.73. The Morgan fingerprint density at radius 1 is 1.19 bits per heavy atom. The van der Waals surface area contributed by atoms with E-state index < -0.39 is 24.2 Å². The molecule has 0 atom stereocenters. The first-order valence-corrected chi connectivity index (χ1v) is 7.30. The van der Waals surface area contributed by atoms with Gasteiger partial charge in [0.25, 0.3) is 0 Å². The molecular weight excluding hydrogens is 293 g/mol. The highest BCUT2D eigenvalue weighted by atomic mass is 32.2. The molecule has 0 fully saturated rings. The van der Waals surface area contributed by atoms with E-state index in [0.29, 0.717) is 5.03 Å². The Kier molecular flexibility index (Phi) is 5.05. The highest BCUT2D eigenvalue weighted by Crippen LogP contribution is 2.17. The number of carbonyl (C=O) groups excluding carboxylic acids is 2. The van der Waals surface area contributed by atoms with Crippen LogP contribution in [0.5, 0.6) is 0 Å². The first-order valence-electron chi connectivity index (χ1n) is 6.07. The summed E-state index contributed by atoms with van der Waals surface area (Å²) in [6.45, 7) is -0.511. The van der Waals surface area contributed by atoms with Crippen molar-refractivity contribution in [1.29, 1.82) is 0 Å². The minimum atomic E-state index is -0.655. The van der Waals surface area contributed by atoms with Gasteiger partial charge in [-0.2, -0.15) is 0 Å². The van der Waals surface area contributed by atoms with E-state index in [9.17, 15) is 14.0 Å². The third-order valence-electron chi connectivity index (χ3n) is 2.69. The predicted octanol–water partition coefficient (Wildman–Crippen LogP) is 2.98. The third-order valence-corrected chi connectivity index (χ3v) is 3.41. The molecule has 21 heavy (non-hydrogen) atoms. The maximum absolute atomic E-state index is 13.4. The maximum Gasteiger partial charge on any atom is 0.341 e. The SMILES string of the molecule is CSc1ncccc1C(=O)OCC(=O)c1ccccc1F. The average molecular weight is 305 g/mol. The Hall–Kier alpha value is -2.21. The summed E-state index contributed by atoms with van der Waals surface area (Å²) < 4.78 is 18.4. The van der Waals surface area contributed by atoms with Crippen molar-refractivity contribution in [3.63, 3.8) is 0 Å². The summed E-state index contributed by atoms with van der Waals surface area (Å²) in [5.74, 6) is -1.88. The molecule has 6 heteroatoms. The Morgan fingerprint density at radius 2 is 1.90 bits per heavy atom. The molecule has 0 N–H and O–H groups in total. The second-order valence-electron chi connectivity index (χ2n) is 4.04. The van der Waals surface area contributed by atoms with E-state index in [1.165, 1.54) is 30.0 Å². The predicted molar refractivity (Wildman–Crippen MR) is 77.0 cm³/mol. The standard InChI is InChI=1S/C15H12FNO3S/c1-21-14-11(6-4-8-17-14)15(19)20-9-13(18)10-5-2-3-7-12(10)16/h2-8H,9H2,1H3. The summed E-state index contributed by atoms with van der Waals surface area (Å²) in [7, 11) is 0. The van der Waals surface area contributed by atoms with E-state index in [4.69, 9.17) is 4.74 Å². The van der Waals surface area contributed by atoms with E-state index in [-0.39, 0.29) is 11.1 Å². The van der Waals surface area contributed by atoms with Gasteiger partial charge in [-0.3, -0.25) is 4.79 Å². The van der Waals surface area contributed by atoms with E-state index >= 15 is 0 Å². The quantitative estimate of drug-likeness (QED) is 0.483. The normalized spacial score (nSPS) is 10.2. The second kappa shape index (κ2) is 6.99. The van der Waals surface area contributed by atoms with Crippen LogP contribution >= 0.6 is 11.8 Å². The number of pyridine rings is 1. The van der Waals surface area contributed by atoms with Crippen molar-refractivity contribution in [2.75, 3.05) is 12.9 Å². The lowest BCUT2D eigenvalue weighted by Gasteiger charge is -2.07. The molecule has 0 aliphatic rings. The van der Waals surface area contributed by atoms with Gasteiger partial charge in [-0.05, 0) is 30.5 Å². The van der Waals surface area contributed by atoms with Crippen LogP contribution in [-0.4, -0.2) is 29.6 Å². The van der Waals surface area contributed by atoms with Gasteiger partial charge in [0.2, 0.25) is 5.78 Å². The molecule has 1 aromatic carbocycles. The summed E-state index contributed by atoms with van der Waals surface area (Å²) in [4.78, 5) is 27.8. The lowest BCUT2D eigenvalue weighted by molar-refractivity contribution is 0.0469. The number of esters is 1. The molecule has 0 unspecified atom stereocenters. The number of Topliss-reactive ketones (excluding diaryl/α,β-unsaturated/α-hetero) is 1. The Bertz CT molecular complexity index is 675. The van der Waals surface area contributed by atoms with Crippen molar-refractivity contribution in [2.45, 2.75) is 5.03 Å². The fourth-order valence-corrected chi connectivity index (χ4v) is 2.22. The minimum absolute atomic E-state index is 0.0958. The van der Waals surface area contributed by atoms with Crippen molar-refractivity contribution < 1.29 is 18.7 Å². The van der Waals surface area contributed by atoms with E-state index in [2.05, 4.69) is 4.98 Å². The molecule has 0 amide bonds. The van der Waals surface area contributed by atoms with Crippen molar-refractivity contribution in [3.05, 3.63) is 59.5 Å². The summed E-state index contributed by atoms with van der Waals surface area (Å²) in [5, 5.41) is 0.515. The lowest BCUT2D eigenvalue weighted by Crippen LogP contribution is -2.16. The van der Waals surface area contributed by atoms with E-state index in [1.807, 2.05) is 0 Å². The van der Waals surface area contributed by atoms with Crippen LogP contribution in [0.2, 0.25) is 0 Å². The fourth-order valence-electron chi connectivity index (χ4n) is 1.68. The van der Waals surface area contributed by atoms with Gasteiger partial charge in [-0.15, -0.1) is 11.8 Å². The minimum Gasteiger partial charge on any atom is -0.454 e. The van der Waals surface area contributed by atoms with Crippen LogP contribution < -0.4 is 0 Å². The number of ether oxygens (including phenoxy) is 1. The second-order valence-corrected chi connectivity index (χ2v) is 4.83. The fraction of sp³-hybridized carbons (Fsp3) is 0.133. The van der Waals surface area contributed by atoms with Crippen LogP contribution in [0.3, 0.4) is 0 Å². The Morgan fingerprint density at radius 3 is 2.62 bits per heavy atom. The zero-order chi connectivity index (χ0) is 15.2. The molecule has 0 bridgehead atoms. The van der Waals surface area contributed by atoms with Crippen LogP contribution in [-0.2, 0) is 4.74 Å². The molecule has 2 rings (SSSR count). The van der Waals surface area contributed by atoms with Gasteiger partial charge in [0.1, 0.15) is 10.8 Å². The molecule has 0 saturated carbocycles. The maximum atomic E-state index is 13.4. The number of hydrogen-bond donors (Lipinski definition) is 0. The van der Waals surface area contributed by atoms with Gasteiger partial charge in [0.15, 0.2) is 6.61 Å². The number of aromatic nitrogens is 1.